The van der Waals surface area contributed by atoms with Crippen molar-refractivity contribution in [3.05, 3.63) is 23.8 Å². The first-order valence-corrected chi connectivity index (χ1v) is 7.68. The van der Waals surface area contributed by atoms with Gasteiger partial charge >= 0.3 is 0 Å². The van der Waals surface area contributed by atoms with Crippen molar-refractivity contribution in [2.75, 3.05) is 19.6 Å². The van der Waals surface area contributed by atoms with Gasteiger partial charge in [0.25, 0.3) is 5.91 Å². The van der Waals surface area contributed by atoms with Crippen molar-refractivity contribution in [1.29, 1.82) is 0 Å². The monoisotopic (exact) mass is 290 g/mol. The third-order valence-corrected chi connectivity index (χ3v) is 4.28. The summed E-state index contributed by atoms with van der Waals surface area (Å²) in [7, 11) is 0. The molecule has 1 amide bonds. The van der Waals surface area contributed by atoms with Crippen molar-refractivity contribution in [2.45, 2.75) is 31.7 Å². The molecule has 0 spiro atoms. The first kappa shape index (κ1) is 14.2. The maximum Gasteiger partial charge on any atom is 0.257 e. The third-order valence-electron chi connectivity index (χ3n) is 4.28. The van der Waals surface area contributed by atoms with Crippen LogP contribution in [0.4, 0.5) is 0 Å². The molecule has 1 aliphatic carbocycles. The third kappa shape index (κ3) is 3.47. The largest absolute Gasteiger partial charge is 0.508 e. The Labute approximate surface area is 124 Å². The quantitative estimate of drug-likeness (QED) is 0.772. The Morgan fingerprint density at radius 1 is 1.24 bits per heavy atom. The van der Waals surface area contributed by atoms with Crippen LogP contribution in [0, 0.1) is 5.92 Å². The lowest BCUT2D eigenvalue weighted by molar-refractivity contribution is 0.0730. The average molecular weight is 290 g/mol. The van der Waals surface area contributed by atoms with Gasteiger partial charge in [0, 0.05) is 25.2 Å². The minimum absolute atomic E-state index is 0.0322. The zero-order valence-corrected chi connectivity index (χ0v) is 12.1. The summed E-state index contributed by atoms with van der Waals surface area (Å²) in [6.07, 6.45) is 4.61. The highest BCUT2D eigenvalue weighted by Gasteiger charge is 2.30. The fourth-order valence-electron chi connectivity index (χ4n) is 2.90. The molecule has 3 N–H and O–H groups in total. The smallest absolute Gasteiger partial charge is 0.257 e. The lowest BCUT2D eigenvalue weighted by atomic mass is 10.1. The highest BCUT2D eigenvalue weighted by molar-refractivity contribution is 5.97. The topological polar surface area (TPSA) is 72.8 Å². The molecule has 1 saturated heterocycles. The number of nitrogens with zero attached hydrogens (tertiary/aromatic N) is 1. The van der Waals surface area contributed by atoms with Crippen LogP contribution in [0.5, 0.6) is 11.5 Å². The molecule has 1 atom stereocenters. The Hall–Kier alpha value is -1.75. The molecule has 2 fully saturated rings. The van der Waals surface area contributed by atoms with E-state index in [1.807, 2.05) is 4.90 Å². The molecule has 5 heteroatoms. The van der Waals surface area contributed by atoms with Crippen molar-refractivity contribution in [3.63, 3.8) is 0 Å². The van der Waals surface area contributed by atoms with Crippen molar-refractivity contribution >= 4 is 5.91 Å². The van der Waals surface area contributed by atoms with Crippen LogP contribution < -0.4 is 5.32 Å². The summed E-state index contributed by atoms with van der Waals surface area (Å²) in [6.45, 7) is 2.47. The molecule has 0 radical (unpaired) electrons. The van der Waals surface area contributed by atoms with Crippen molar-refractivity contribution in [3.8, 4) is 11.5 Å². The molecule has 1 unspecified atom stereocenters. The normalized spacial score (nSPS) is 21.4. The Kier molecular flexibility index (Phi) is 4.01. The summed E-state index contributed by atoms with van der Waals surface area (Å²) in [5.74, 6) is 0.276. The van der Waals surface area contributed by atoms with Crippen LogP contribution in [-0.4, -0.2) is 46.7 Å². The number of carbonyl (C=O) groups is 1. The molecule has 3 rings (SSSR count). The number of amides is 1. The molecule has 5 nitrogen and oxygen atoms in total. The molecule has 1 aliphatic heterocycles. The zero-order chi connectivity index (χ0) is 14.8. The predicted molar refractivity (Wildman–Crippen MR) is 79.4 cm³/mol. The van der Waals surface area contributed by atoms with E-state index in [2.05, 4.69) is 5.32 Å². The number of hydrogen-bond donors (Lipinski definition) is 3. The van der Waals surface area contributed by atoms with E-state index in [0.717, 1.165) is 25.9 Å². The summed E-state index contributed by atoms with van der Waals surface area (Å²) in [5, 5.41) is 22.7. The molecular weight excluding hydrogens is 268 g/mol. The number of hydrogen-bond acceptors (Lipinski definition) is 4. The maximum absolute atomic E-state index is 12.7. The van der Waals surface area contributed by atoms with Gasteiger partial charge in [-0.25, -0.2) is 0 Å². The van der Waals surface area contributed by atoms with Crippen LogP contribution in [0.1, 0.15) is 36.0 Å². The van der Waals surface area contributed by atoms with E-state index in [9.17, 15) is 15.0 Å². The van der Waals surface area contributed by atoms with E-state index < -0.39 is 0 Å². The Balaban J connectivity index is 1.75. The van der Waals surface area contributed by atoms with Crippen LogP contribution in [0.3, 0.4) is 0 Å². The fraction of sp³-hybridized carbons (Fsp3) is 0.562. The van der Waals surface area contributed by atoms with Crippen LogP contribution >= 0.6 is 0 Å². The van der Waals surface area contributed by atoms with Gasteiger partial charge in [-0.2, -0.15) is 0 Å². The van der Waals surface area contributed by atoms with E-state index in [1.165, 1.54) is 31.0 Å². The van der Waals surface area contributed by atoms with E-state index in [4.69, 9.17) is 0 Å². The van der Waals surface area contributed by atoms with E-state index in [-0.39, 0.29) is 23.0 Å². The van der Waals surface area contributed by atoms with Gasteiger partial charge in [-0.1, -0.05) is 0 Å². The number of phenols is 2. The number of rotatable bonds is 5. The molecule has 1 aromatic carbocycles. The van der Waals surface area contributed by atoms with Crippen molar-refractivity contribution in [2.24, 2.45) is 5.92 Å². The van der Waals surface area contributed by atoms with E-state index >= 15 is 0 Å². The summed E-state index contributed by atoms with van der Waals surface area (Å²) in [6, 6.07) is 4.51. The molecule has 21 heavy (non-hydrogen) atoms. The number of aromatic hydroxyl groups is 2. The lowest BCUT2D eigenvalue weighted by Crippen LogP contribution is -2.42. The van der Waals surface area contributed by atoms with E-state index in [0.29, 0.717) is 18.5 Å². The van der Waals surface area contributed by atoms with Gasteiger partial charge in [-0.3, -0.25) is 4.79 Å². The molecule has 2 aliphatic rings. The average Bonchev–Trinajstić information content (AvgIpc) is 3.11. The Bertz CT molecular complexity index is 522. The second-order valence-electron chi connectivity index (χ2n) is 6.15. The van der Waals surface area contributed by atoms with Crippen LogP contribution in [0.2, 0.25) is 0 Å². The maximum atomic E-state index is 12.7. The summed E-state index contributed by atoms with van der Waals surface area (Å²) >= 11 is 0. The number of carbonyl (C=O) groups excluding carboxylic acids is 1. The molecular formula is C16H22N2O3. The highest BCUT2D eigenvalue weighted by Crippen LogP contribution is 2.31. The van der Waals surface area contributed by atoms with Crippen LogP contribution in [0.15, 0.2) is 18.2 Å². The lowest BCUT2D eigenvalue weighted by Gasteiger charge is -2.26. The second-order valence-corrected chi connectivity index (χ2v) is 6.15. The zero-order valence-electron chi connectivity index (χ0n) is 12.1. The molecule has 0 bridgehead atoms. The predicted octanol–water partition coefficient (Wildman–Crippen LogP) is 1.70. The summed E-state index contributed by atoms with van der Waals surface area (Å²) in [4.78, 5) is 14.5. The van der Waals surface area contributed by atoms with Gasteiger partial charge in [0.05, 0.1) is 5.56 Å². The minimum Gasteiger partial charge on any atom is -0.508 e. The van der Waals surface area contributed by atoms with Crippen LogP contribution in [-0.2, 0) is 0 Å². The molecule has 1 aromatic rings. The van der Waals surface area contributed by atoms with Gasteiger partial charge < -0.3 is 20.4 Å². The SMILES string of the molecule is O=C(c1ccc(O)cc1O)N(CC1CC1)CC1CCCN1. The Morgan fingerprint density at radius 3 is 2.67 bits per heavy atom. The Morgan fingerprint density at radius 2 is 2.05 bits per heavy atom. The number of phenolic OH excluding ortho intramolecular Hbond substituents is 2. The summed E-state index contributed by atoms with van der Waals surface area (Å²) in [5.41, 5.74) is 0.270. The second kappa shape index (κ2) is 5.93. The molecule has 0 aromatic heterocycles. The number of benzene rings is 1. The number of nitrogens with one attached hydrogen (secondary N) is 1. The minimum atomic E-state index is -0.153. The summed E-state index contributed by atoms with van der Waals surface area (Å²) < 4.78 is 0. The van der Waals surface area contributed by atoms with Gasteiger partial charge in [0.1, 0.15) is 11.5 Å². The van der Waals surface area contributed by atoms with Gasteiger partial charge in [-0.05, 0) is 50.3 Å². The van der Waals surface area contributed by atoms with Crippen molar-refractivity contribution < 1.29 is 15.0 Å². The standard InChI is InChI=1S/C16H22N2O3/c19-13-5-6-14(15(20)8-13)16(21)18(9-11-3-4-11)10-12-2-1-7-17-12/h5-6,8,11-12,17,19-20H,1-4,7,9-10H2. The first-order chi connectivity index (χ1) is 10.1. The molecule has 114 valence electrons. The molecule has 1 saturated carbocycles. The van der Waals surface area contributed by atoms with E-state index in [1.54, 1.807) is 0 Å². The van der Waals surface area contributed by atoms with Gasteiger partial charge in [0.15, 0.2) is 0 Å². The highest BCUT2D eigenvalue weighted by atomic mass is 16.3. The molecule has 1 heterocycles. The van der Waals surface area contributed by atoms with Crippen molar-refractivity contribution in [1.82, 2.24) is 10.2 Å². The van der Waals surface area contributed by atoms with Gasteiger partial charge in [0.2, 0.25) is 0 Å². The first-order valence-electron chi connectivity index (χ1n) is 7.68. The van der Waals surface area contributed by atoms with Crippen LogP contribution in [0.25, 0.3) is 0 Å². The van der Waals surface area contributed by atoms with Gasteiger partial charge in [-0.15, -0.1) is 0 Å². The fourth-order valence-corrected chi connectivity index (χ4v) is 2.90.